The Kier molecular flexibility index (Phi) is 5.65. The van der Waals surface area contributed by atoms with Crippen LogP contribution in [0.15, 0.2) is 28.8 Å². The van der Waals surface area contributed by atoms with Gasteiger partial charge in [0.25, 0.3) is 5.89 Å². The van der Waals surface area contributed by atoms with E-state index in [2.05, 4.69) is 20.4 Å². The maximum absolute atomic E-state index is 13.1. The fraction of sp³-hybridized carbons (Fsp3) is 0.333. The van der Waals surface area contributed by atoms with Crippen LogP contribution in [0.3, 0.4) is 0 Å². The van der Waals surface area contributed by atoms with Gasteiger partial charge in [0, 0.05) is 25.7 Å². The van der Waals surface area contributed by atoms with Gasteiger partial charge in [0.05, 0.1) is 6.04 Å². The van der Waals surface area contributed by atoms with Crippen molar-refractivity contribution < 1.29 is 8.91 Å². The van der Waals surface area contributed by atoms with E-state index in [1.54, 1.807) is 18.2 Å². The van der Waals surface area contributed by atoms with Gasteiger partial charge in [0.15, 0.2) is 5.82 Å². The monoisotopic (exact) mass is 324 g/mol. The van der Waals surface area contributed by atoms with E-state index in [9.17, 15) is 4.39 Å². The quantitative estimate of drug-likeness (QED) is 0.939. The molecule has 1 atom stereocenters. The number of rotatable bonds is 3. The first-order valence-electron chi connectivity index (χ1n) is 6.90. The molecule has 0 saturated carbocycles. The molecule has 1 aliphatic rings. The molecule has 1 aromatic carbocycles. The fourth-order valence-corrected chi connectivity index (χ4v) is 2.32. The Bertz CT molecular complexity index is 646. The molecule has 2 heterocycles. The number of halogens is 2. The van der Waals surface area contributed by atoms with Crippen LogP contribution in [0, 0.1) is 5.82 Å². The van der Waals surface area contributed by atoms with Crippen LogP contribution in [0.5, 0.6) is 0 Å². The average molecular weight is 325 g/mol. The van der Waals surface area contributed by atoms with Crippen LogP contribution in [0.25, 0.3) is 12.2 Å². The van der Waals surface area contributed by atoms with Crippen molar-refractivity contribution in [1.29, 1.82) is 0 Å². The van der Waals surface area contributed by atoms with Crippen molar-refractivity contribution in [2.75, 3.05) is 26.7 Å². The summed E-state index contributed by atoms with van der Waals surface area (Å²) in [5, 5.41) is 7.34. The van der Waals surface area contributed by atoms with Gasteiger partial charge in [-0.25, -0.2) is 4.39 Å². The summed E-state index contributed by atoms with van der Waals surface area (Å²) in [4.78, 5) is 6.58. The molecule has 0 radical (unpaired) electrons. The molecule has 1 N–H and O–H groups in total. The molecule has 3 rings (SSSR count). The highest BCUT2D eigenvalue weighted by Gasteiger charge is 2.24. The largest absolute Gasteiger partial charge is 0.335 e. The first-order chi connectivity index (χ1) is 10.2. The van der Waals surface area contributed by atoms with Gasteiger partial charge < -0.3 is 9.84 Å². The van der Waals surface area contributed by atoms with E-state index in [0.29, 0.717) is 11.7 Å². The van der Waals surface area contributed by atoms with E-state index in [1.165, 1.54) is 12.1 Å². The second-order valence-electron chi connectivity index (χ2n) is 5.08. The fourth-order valence-electron chi connectivity index (χ4n) is 2.32. The summed E-state index contributed by atoms with van der Waals surface area (Å²) in [7, 11) is 2.05. The topological polar surface area (TPSA) is 54.2 Å². The first kappa shape index (κ1) is 16.6. The zero-order chi connectivity index (χ0) is 14.7. The summed E-state index contributed by atoms with van der Waals surface area (Å²) >= 11 is 0. The van der Waals surface area contributed by atoms with E-state index < -0.39 is 0 Å². The van der Waals surface area contributed by atoms with Crippen molar-refractivity contribution in [1.82, 2.24) is 20.4 Å². The summed E-state index contributed by atoms with van der Waals surface area (Å²) in [6.07, 6.45) is 3.45. The zero-order valence-electron chi connectivity index (χ0n) is 12.2. The molecule has 5 nitrogen and oxygen atoms in total. The molecule has 1 unspecified atom stereocenters. The Hall–Kier alpha value is -1.76. The molecule has 118 valence electrons. The number of nitrogens with one attached hydrogen (secondary N) is 1. The third-order valence-electron chi connectivity index (χ3n) is 3.53. The highest BCUT2D eigenvalue weighted by Crippen LogP contribution is 2.18. The lowest BCUT2D eigenvalue weighted by Gasteiger charge is -2.30. The van der Waals surface area contributed by atoms with E-state index in [0.717, 1.165) is 25.2 Å². The summed E-state index contributed by atoms with van der Waals surface area (Å²) in [5.41, 5.74) is 0.756. The van der Waals surface area contributed by atoms with Gasteiger partial charge in [-0.15, -0.1) is 12.4 Å². The van der Waals surface area contributed by atoms with Gasteiger partial charge in [-0.05, 0) is 30.8 Å². The lowest BCUT2D eigenvalue weighted by molar-refractivity contribution is 0.190. The first-order valence-corrected chi connectivity index (χ1v) is 6.90. The number of benzene rings is 1. The predicted molar refractivity (Wildman–Crippen MR) is 85.1 cm³/mol. The molecule has 2 aromatic rings. The number of aromatic nitrogens is 2. The molecule has 0 aliphatic carbocycles. The van der Waals surface area contributed by atoms with Crippen LogP contribution in [-0.4, -0.2) is 41.7 Å². The smallest absolute Gasteiger partial charge is 0.250 e. The van der Waals surface area contributed by atoms with Crippen molar-refractivity contribution in [3.8, 4) is 0 Å². The second-order valence-corrected chi connectivity index (χ2v) is 5.08. The molecule has 0 amide bonds. The maximum Gasteiger partial charge on any atom is 0.250 e. The van der Waals surface area contributed by atoms with Crippen molar-refractivity contribution in [3.05, 3.63) is 47.4 Å². The van der Waals surface area contributed by atoms with E-state index in [1.807, 2.05) is 13.1 Å². The summed E-state index contributed by atoms with van der Waals surface area (Å²) in [5.74, 6) is 0.829. The summed E-state index contributed by atoms with van der Waals surface area (Å²) in [6.45, 7) is 2.73. The molecule has 0 bridgehead atoms. The minimum atomic E-state index is -0.265. The standard InChI is InChI=1S/C15H17FN4O.ClH/c1-20-8-7-17-10-13(20)15-18-14(21-19-15)6-5-11-3-2-4-12(16)9-11;/h2-6,9,13,17H,7-8,10H2,1H3;1H/b6-5+;. The molecule has 1 aliphatic heterocycles. The van der Waals surface area contributed by atoms with Crippen LogP contribution in [-0.2, 0) is 0 Å². The molecule has 7 heteroatoms. The molecule has 1 fully saturated rings. The van der Waals surface area contributed by atoms with Crippen molar-refractivity contribution in [2.24, 2.45) is 0 Å². The normalized spacial score (nSPS) is 19.3. The number of hydrogen-bond acceptors (Lipinski definition) is 5. The lowest BCUT2D eigenvalue weighted by atomic mass is 10.2. The molecular weight excluding hydrogens is 307 g/mol. The van der Waals surface area contributed by atoms with Crippen LogP contribution in [0.2, 0.25) is 0 Å². The van der Waals surface area contributed by atoms with Gasteiger partial charge in [-0.1, -0.05) is 17.3 Å². The average Bonchev–Trinajstić information content (AvgIpc) is 2.94. The molecule has 1 aromatic heterocycles. The SMILES string of the molecule is CN1CCNCC1c1noc(/C=C/c2cccc(F)c2)n1.Cl. The number of piperazine rings is 1. The number of nitrogens with zero attached hydrogens (tertiary/aromatic N) is 3. The van der Waals surface area contributed by atoms with Gasteiger partial charge in [-0.2, -0.15) is 4.98 Å². The minimum absolute atomic E-state index is 0. The molecule has 22 heavy (non-hydrogen) atoms. The Morgan fingerprint density at radius 1 is 1.41 bits per heavy atom. The predicted octanol–water partition coefficient (Wildman–Crippen LogP) is 2.38. The van der Waals surface area contributed by atoms with Crippen molar-refractivity contribution >= 4 is 24.6 Å². The van der Waals surface area contributed by atoms with Crippen LogP contribution in [0.4, 0.5) is 4.39 Å². The van der Waals surface area contributed by atoms with E-state index >= 15 is 0 Å². The highest BCUT2D eigenvalue weighted by atomic mass is 35.5. The summed E-state index contributed by atoms with van der Waals surface area (Å²) < 4.78 is 18.3. The van der Waals surface area contributed by atoms with E-state index in [4.69, 9.17) is 4.52 Å². The highest BCUT2D eigenvalue weighted by molar-refractivity contribution is 5.85. The third kappa shape index (κ3) is 3.91. The maximum atomic E-state index is 13.1. The Morgan fingerprint density at radius 3 is 3.05 bits per heavy atom. The summed E-state index contributed by atoms with van der Waals surface area (Å²) in [6, 6.07) is 6.46. The minimum Gasteiger partial charge on any atom is -0.335 e. The lowest BCUT2D eigenvalue weighted by Crippen LogP contribution is -2.44. The van der Waals surface area contributed by atoms with Crippen LogP contribution < -0.4 is 5.32 Å². The van der Waals surface area contributed by atoms with Gasteiger partial charge >= 0.3 is 0 Å². The van der Waals surface area contributed by atoms with Crippen molar-refractivity contribution in [3.63, 3.8) is 0 Å². The third-order valence-corrected chi connectivity index (χ3v) is 3.53. The van der Waals surface area contributed by atoms with Crippen LogP contribution in [0.1, 0.15) is 23.3 Å². The second kappa shape index (κ2) is 7.49. The zero-order valence-corrected chi connectivity index (χ0v) is 13.0. The van der Waals surface area contributed by atoms with Crippen molar-refractivity contribution in [2.45, 2.75) is 6.04 Å². The Labute approximate surface area is 134 Å². The van der Waals surface area contributed by atoms with Crippen LogP contribution >= 0.6 is 12.4 Å². The Balaban J connectivity index is 0.00000176. The van der Waals surface area contributed by atoms with Gasteiger partial charge in [-0.3, -0.25) is 4.90 Å². The number of likely N-dealkylation sites (N-methyl/N-ethyl adjacent to an activating group) is 1. The molecule has 0 spiro atoms. The Morgan fingerprint density at radius 2 is 2.27 bits per heavy atom. The van der Waals surface area contributed by atoms with Gasteiger partial charge in [0.2, 0.25) is 0 Å². The van der Waals surface area contributed by atoms with E-state index in [-0.39, 0.29) is 24.3 Å². The number of hydrogen-bond donors (Lipinski definition) is 1. The molecular formula is C15H18ClFN4O. The van der Waals surface area contributed by atoms with Gasteiger partial charge in [0.1, 0.15) is 5.82 Å². The molecule has 1 saturated heterocycles.